The lowest BCUT2D eigenvalue weighted by atomic mass is 10.2. The highest BCUT2D eigenvalue weighted by Gasteiger charge is 2.13. The molecule has 2 aromatic rings. The van der Waals surface area contributed by atoms with Crippen molar-refractivity contribution in [2.45, 2.75) is 17.9 Å². The van der Waals surface area contributed by atoms with E-state index < -0.39 is 11.8 Å². The number of carbonyl (C=O) groups excluding carboxylic acids is 2. The minimum Gasteiger partial charge on any atom is -0.347 e. The van der Waals surface area contributed by atoms with Crippen molar-refractivity contribution in [2.75, 3.05) is 12.8 Å². The maximum atomic E-state index is 11.8. The molecule has 0 aliphatic rings. The zero-order valence-corrected chi connectivity index (χ0v) is 13.7. The quantitative estimate of drug-likeness (QED) is 0.626. The van der Waals surface area contributed by atoms with E-state index in [1.165, 1.54) is 0 Å². The number of nitrogens with one attached hydrogen (secondary N) is 2. The van der Waals surface area contributed by atoms with Gasteiger partial charge in [-0.25, -0.2) is 0 Å². The first-order valence-electron chi connectivity index (χ1n) is 7.28. The van der Waals surface area contributed by atoms with Crippen LogP contribution >= 0.6 is 11.8 Å². The summed E-state index contributed by atoms with van der Waals surface area (Å²) >= 11 is 1.61. The summed E-state index contributed by atoms with van der Waals surface area (Å²) in [7, 11) is 0. The molecule has 1 heterocycles. The molecule has 0 atom stereocenters. The van der Waals surface area contributed by atoms with Crippen molar-refractivity contribution in [3.8, 4) is 0 Å². The summed E-state index contributed by atoms with van der Waals surface area (Å²) < 4.78 is 0. The van der Waals surface area contributed by atoms with Gasteiger partial charge in [0.1, 0.15) is 0 Å². The first-order valence-corrected chi connectivity index (χ1v) is 8.51. The van der Waals surface area contributed by atoms with Gasteiger partial charge in [0.05, 0.1) is 0 Å². The van der Waals surface area contributed by atoms with Crippen molar-refractivity contribution in [1.29, 1.82) is 0 Å². The van der Waals surface area contributed by atoms with E-state index in [0.29, 0.717) is 19.5 Å². The molecule has 120 valence electrons. The van der Waals surface area contributed by atoms with Crippen LogP contribution in [0.5, 0.6) is 0 Å². The van der Waals surface area contributed by atoms with Crippen LogP contribution < -0.4 is 10.6 Å². The van der Waals surface area contributed by atoms with Crippen LogP contribution in [0.2, 0.25) is 0 Å². The highest BCUT2D eigenvalue weighted by atomic mass is 32.2. The number of aromatic nitrogens is 1. The van der Waals surface area contributed by atoms with Gasteiger partial charge in [0, 0.05) is 36.3 Å². The third-order valence-corrected chi connectivity index (χ3v) is 4.07. The molecule has 0 fully saturated rings. The molecule has 2 amide bonds. The van der Waals surface area contributed by atoms with Gasteiger partial charge in [-0.15, -0.1) is 11.8 Å². The largest absolute Gasteiger partial charge is 0.347 e. The summed E-state index contributed by atoms with van der Waals surface area (Å²) in [6.45, 7) is 0.716. The molecule has 1 aromatic carbocycles. The second-order valence-corrected chi connectivity index (χ2v) is 5.67. The zero-order chi connectivity index (χ0) is 16.5. The second-order valence-electron chi connectivity index (χ2n) is 4.82. The van der Waals surface area contributed by atoms with Gasteiger partial charge in [0.15, 0.2) is 0 Å². The Morgan fingerprint density at radius 3 is 2.52 bits per heavy atom. The Hall–Kier alpha value is -2.34. The minimum absolute atomic E-state index is 0.337. The van der Waals surface area contributed by atoms with E-state index in [1.54, 1.807) is 18.0 Å². The summed E-state index contributed by atoms with van der Waals surface area (Å²) in [4.78, 5) is 28.8. The van der Waals surface area contributed by atoms with Gasteiger partial charge < -0.3 is 10.6 Å². The van der Waals surface area contributed by atoms with Crippen LogP contribution in [-0.4, -0.2) is 29.6 Å². The average Bonchev–Trinajstić information content (AvgIpc) is 2.60. The molecular formula is C17H19N3O2S. The highest BCUT2D eigenvalue weighted by molar-refractivity contribution is 7.98. The lowest BCUT2D eigenvalue weighted by Crippen LogP contribution is -2.40. The van der Waals surface area contributed by atoms with E-state index in [4.69, 9.17) is 0 Å². The molecule has 1 aromatic heterocycles. The van der Waals surface area contributed by atoms with E-state index in [2.05, 4.69) is 15.6 Å². The molecule has 0 spiro atoms. The predicted molar refractivity (Wildman–Crippen MR) is 91.0 cm³/mol. The molecule has 23 heavy (non-hydrogen) atoms. The average molecular weight is 329 g/mol. The molecule has 0 radical (unpaired) electrons. The van der Waals surface area contributed by atoms with E-state index in [9.17, 15) is 9.59 Å². The Morgan fingerprint density at radius 2 is 1.78 bits per heavy atom. The first kappa shape index (κ1) is 17.0. The Balaban J connectivity index is 1.75. The number of carbonyl (C=O) groups is 2. The van der Waals surface area contributed by atoms with E-state index in [-0.39, 0.29) is 0 Å². The molecular weight excluding hydrogens is 310 g/mol. The number of thioether (sulfide) groups is 1. The van der Waals surface area contributed by atoms with Gasteiger partial charge in [-0.1, -0.05) is 24.3 Å². The maximum absolute atomic E-state index is 11.8. The molecule has 5 nitrogen and oxygen atoms in total. The Labute approximate surface area is 139 Å². The Kier molecular flexibility index (Phi) is 6.62. The van der Waals surface area contributed by atoms with Crippen molar-refractivity contribution >= 4 is 23.6 Å². The fraction of sp³-hybridized carbons (Fsp3) is 0.235. The van der Waals surface area contributed by atoms with Crippen LogP contribution in [0.15, 0.2) is 53.6 Å². The monoisotopic (exact) mass is 329 g/mol. The molecule has 0 saturated heterocycles. The number of hydrogen-bond acceptors (Lipinski definition) is 4. The molecule has 0 bridgehead atoms. The first-order chi connectivity index (χ1) is 11.2. The van der Waals surface area contributed by atoms with Crippen molar-refractivity contribution in [1.82, 2.24) is 15.6 Å². The molecule has 2 N–H and O–H groups in total. The van der Waals surface area contributed by atoms with Gasteiger partial charge in [-0.3, -0.25) is 14.6 Å². The topological polar surface area (TPSA) is 71.1 Å². The molecule has 2 rings (SSSR count). The van der Waals surface area contributed by atoms with Crippen LogP contribution in [0, 0.1) is 0 Å². The number of nitrogens with zero attached hydrogens (tertiary/aromatic N) is 1. The molecule has 0 aliphatic carbocycles. The van der Waals surface area contributed by atoms with Gasteiger partial charge in [-0.2, -0.15) is 0 Å². The number of benzene rings is 1. The molecule has 0 saturated carbocycles. The fourth-order valence-electron chi connectivity index (χ4n) is 2.04. The molecule has 6 heteroatoms. The van der Waals surface area contributed by atoms with Crippen molar-refractivity contribution in [3.05, 3.63) is 59.9 Å². The zero-order valence-electron chi connectivity index (χ0n) is 12.9. The van der Waals surface area contributed by atoms with E-state index >= 15 is 0 Å². The van der Waals surface area contributed by atoms with Gasteiger partial charge in [0.25, 0.3) is 0 Å². The highest BCUT2D eigenvalue weighted by Crippen LogP contribution is 2.19. The standard InChI is InChI=1S/C17H19N3O2S/c1-23-15-8-3-2-6-13(15)12-20-17(22)16(21)19-11-9-14-7-4-5-10-18-14/h2-8,10H,9,11-12H2,1H3,(H,19,21)(H,20,22). The minimum atomic E-state index is -0.623. The van der Waals surface area contributed by atoms with Crippen LogP contribution in [0.25, 0.3) is 0 Å². The van der Waals surface area contributed by atoms with Gasteiger partial charge in [0.2, 0.25) is 0 Å². The van der Waals surface area contributed by atoms with Crippen LogP contribution in [0.1, 0.15) is 11.3 Å². The number of pyridine rings is 1. The third kappa shape index (κ3) is 5.41. The summed E-state index contributed by atoms with van der Waals surface area (Å²) in [5.74, 6) is -1.25. The normalized spacial score (nSPS) is 10.1. The fourth-order valence-corrected chi connectivity index (χ4v) is 2.65. The van der Waals surface area contributed by atoms with Crippen LogP contribution in [0.3, 0.4) is 0 Å². The number of amides is 2. The van der Waals surface area contributed by atoms with Crippen molar-refractivity contribution in [3.63, 3.8) is 0 Å². The van der Waals surface area contributed by atoms with Crippen LogP contribution in [-0.2, 0) is 22.6 Å². The Bertz CT molecular complexity index is 662. The van der Waals surface area contributed by atoms with Gasteiger partial charge >= 0.3 is 11.8 Å². The maximum Gasteiger partial charge on any atom is 0.309 e. The SMILES string of the molecule is CSc1ccccc1CNC(=O)C(=O)NCCc1ccccn1. The number of hydrogen-bond donors (Lipinski definition) is 2. The summed E-state index contributed by atoms with van der Waals surface area (Å²) in [5.41, 5.74) is 1.87. The van der Waals surface area contributed by atoms with Gasteiger partial charge in [-0.05, 0) is 30.0 Å². The lowest BCUT2D eigenvalue weighted by molar-refractivity contribution is -0.139. The van der Waals surface area contributed by atoms with E-state index in [1.807, 2.05) is 48.7 Å². The van der Waals surface area contributed by atoms with Crippen LogP contribution in [0.4, 0.5) is 0 Å². The molecule has 0 unspecified atom stereocenters. The lowest BCUT2D eigenvalue weighted by Gasteiger charge is -2.09. The summed E-state index contributed by atoms with van der Waals surface area (Å²) in [6, 6.07) is 13.4. The predicted octanol–water partition coefficient (Wildman–Crippen LogP) is 1.78. The molecule has 0 aliphatic heterocycles. The Morgan fingerprint density at radius 1 is 1.04 bits per heavy atom. The van der Waals surface area contributed by atoms with E-state index in [0.717, 1.165) is 16.2 Å². The third-order valence-electron chi connectivity index (χ3n) is 3.23. The summed E-state index contributed by atoms with van der Waals surface area (Å²) in [5, 5.41) is 5.24. The second kappa shape index (κ2) is 8.95. The smallest absolute Gasteiger partial charge is 0.309 e. The summed E-state index contributed by atoms with van der Waals surface area (Å²) in [6.07, 6.45) is 4.27. The van der Waals surface area contributed by atoms with Crippen molar-refractivity contribution in [2.24, 2.45) is 0 Å². The van der Waals surface area contributed by atoms with Crippen molar-refractivity contribution < 1.29 is 9.59 Å². The number of rotatable bonds is 6.